The van der Waals surface area contributed by atoms with Crippen LogP contribution in [0.15, 0.2) is 64.3 Å². The minimum atomic E-state index is -0.443. The lowest BCUT2D eigenvalue weighted by Crippen LogP contribution is -2.07. The molecular formula is C17H14N2O3S. The van der Waals surface area contributed by atoms with Crippen molar-refractivity contribution in [3.63, 3.8) is 0 Å². The van der Waals surface area contributed by atoms with Crippen LogP contribution < -0.4 is 0 Å². The Morgan fingerprint density at radius 3 is 2.78 bits per heavy atom. The van der Waals surface area contributed by atoms with Gasteiger partial charge in [-0.25, -0.2) is 14.8 Å². The molecule has 0 spiro atoms. The molecule has 0 saturated heterocycles. The van der Waals surface area contributed by atoms with Crippen molar-refractivity contribution in [1.29, 1.82) is 0 Å². The second-order valence-corrected chi connectivity index (χ2v) is 5.42. The Bertz CT molecular complexity index is 802. The highest BCUT2D eigenvalue weighted by atomic mass is 32.2. The van der Waals surface area contributed by atoms with E-state index in [1.807, 2.05) is 36.6 Å². The van der Waals surface area contributed by atoms with Gasteiger partial charge in [0.05, 0.1) is 11.8 Å². The van der Waals surface area contributed by atoms with Crippen LogP contribution in [0.4, 0.5) is 0 Å². The Kier molecular flexibility index (Phi) is 4.73. The Labute approximate surface area is 137 Å². The fourth-order valence-electron chi connectivity index (χ4n) is 2.03. The lowest BCUT2D eigenvalue weighted by molar-refractivity contribution is 0.0434. The third-order valence-corrected chi connectivity index (χ3v) is 3.84. The van der Waals surface area contributed by atoms with Gasteiger partial charge < -0.3 is 9.15 Å². The summed E-state index contributed by atoms with van der Waals surface area (Å²) in [5.41, 5.74) is 1.37. The average molecular weight is 326 g/mol. The Morgan fingerprint density at radius 1 is 1.17 bits per heavy atom. The molecule has 0 unspecified atom stereocenters. The molecule has 1 aromatic carbocycles. The summed E-state index contributed by atoms with van der Waals surface area (Å²) in [5.74, 6) is 0.552. The molecular weight excluding hydrogens is 312 g/mol. The van der Waals surface area contributed by atoms with E-state index in [1.165, 1.54) is 11.8 Å². The van der Waals surface area contributed by atoms with Crippen molar-refractivity contribution in [1.82, 2.24) is 9.97 Å². The van der Waals surface area contributed by atoms with E-state index in [2.05, 4.69) is 9.97 Å². The molecule has 0 atom stereocenters. The van der Waals surface area contributed by atoms with E-state index >= 15 is 0 Å². The lowest BCUT2D eigenvalue weighted by Gasteiger charge is -2.05. The van der Waals surface area contributed by atoms with Crippen LogP contribution >= 0.6 is 11.8 Å². The van der Waals surface area contributed by atoms with Crippen LogP contribution in [0.5, 0.6) is 0 Å². The second-order valence-electron chi connectivity index (χ2n) is 4.62. The maximum absolute atomic E-state index is 12.1. The van der Waals surface area contributed by atoms with Crippen molar-refractivity contribution in [2.24, 2.45) is 0 Å². The van der Waals surface area contributed by atoms with E-state index in [1.54, 1.807) is 24.5 Å². The molecule has 0 fully saturated rings. The highest BCUT2D eigenvalue weighted by Gasteiger charge is 2.15. The Morgan fingerprint density at radius 2 is 2.00 bits per heavy atom. The summed E-state index contributed by atoms with van der Waals surface area (Å²) in [7, 11) is 0. The molecule has 2 aromatic heterocycles. The van der Waals surface area contributed by atoms with Crippen LogP contribution in [-0.2, 0) is 11.3 Å². The number of rotatable bonds is 5. The summed E-state index contributed by atoms with van der Waals surface area (Å²) in [6.07, 6.45) is 5.12. The first kappa shape index (κ1) is 15.3. The predicted octanol–water partition coefficient (Wildman–Crippen LogP) is 3.82. The zero-order valence-corrected chi connectivity index (χ0v) is 13.2. The standard InChI is InChI=1S/C17H14N2O3S/c1-23-16-13(8-5-9-18-16)17(20)21-11-15-19-10-14(22-15)12-6-3-2-4-7-12/h2-10H,11H2,1H3. The number of oxazole rings is 1. The van der Waals surface area contributed by atoms with Crippen LogP contribution in [0, 0.1) is 0 Å². The van der Waals surface area contributed by atoms with Crippen molar-refractivity contribution in [2.75, 3.05) is 6.26 Å². The molecule has 3 rings (SSSR count). The fourth-order valence-corrected chi connectivity index (χ4v) is 2.56. The smallest absolute Gasteiger partial charge is 0.341 e. The summed E-state index contributed by atoms with van der Waals surface area (Å²) >= 11 is 1.40. The van der Waals surface area contributed by atoms with Crippen LogP contribution in [-0.4, -0.2) is 22.2 Å². The molecule has 0 radical (unpaired) electrons. The minimum Gasteiger partial charge on any atom is -0.452 e. The summed E-state index contributed by atoms with van der Waals surface area (Å²) in [6, 6.07) is 13.0. The summed E-state index contributed by atoms with van der Waals surface area (Å²) in [4.78, 5) is 20.4. The van der Waals surface area contributed by atoms with Gasteiger partial charge in [-0.15, -0.1) is 11.8 Å². The maximum atomic E-state index is 12.1. The summed E-state index contributed by atoms with van der Waals surface area (Å²) in [6.45, 7) is -0.0195. The van der Waals surface area contributed by atoms with E-state index in [0.29, 0.717) is 22.2 Å². The van der Waals surface area contributed by atoms with Gasteiger partial charge in [-0.3, -0.25) is 0 Å². The van der Waals surface area contributed by atoms with E-state index in [9.17, 15) is 4.79 Å². The fraction of sp³-hybridized carbons (Fsp3) is 0.118. The van der Waals surface area contributed by atoms with Crippen molar-refractivity contribution < 1.29 is 13.9 Å². The minimum absolute atomic E-state index is 0.0195. The van der Waals surface area contributed by atoms with Crippen molar-refractivity contribution in [2.45, 2.75) is 11.6 Å². The van der Waals surface area contributed by atoms with Crippen molar-refractivity contribution in [3.8, 4) is 11.3 Å². The largest absolute Gasteiger partial charge is 0.452 e. The number of ether oxygens (including phenoxy) is 1. The lowest BCUT2D eigenvalue weighted by atomic mass is 10.2. The predicted molar refractivity (Wildman–Crippen MR) is 87.1 cm³/mol. The van der Waals surface area contributed by atoms with E-state index in [0.717, 1.165) is 5.56 Å². The van der Waals surface area contributed by atoms with E-state index in [-0.39, 0.29) is 6.61 Å². The third-order valence-electron chi connectivity index (χ3n) is 3.12. The van der Waals surface area contributed by atoms with Gasteiger partial charge in [0.15, 0.2) is 12.4 Å². The van der Waals surface area contributed by atoms with Gasteiger partial charge in [-0.1, -0.05) is 30.3 Å². The van der Waals surface area contributed by atoms with Gasteiger partial charge in [0.25, 0.3) is 0 Å². The molecule has 0 aliphatic carbocycles. The molecule has 2 heterocycles. The number of nitrogens with zero attached hydrogens (tertiary/aromatic N) is 2. The van der Waals surface area contributed by atoms with Gasteiger partial charge in [0.1, 0.15) is 5.03 Å². The molecule has 5 nitrogen and oxygen atoms in total. The van der Waals surface area contributed by atoms with Crippen LogP contribution in [0.3, 0.4) is 0 Å². The number of esters is 1. The zero-order valence-electron chi connectivity index (χ0n) is 12.4. The monoisotopic (exact) mass is 326 g/mol. The van der Waals surface area contributed by atoms with E-state index < -0.39 is 5.97 Å². The zero-order chi connectivity index (χ0) is 16.1. The average Bonchev–Trinajstić information content (AvgIpc) is 3.09. The molecule has 0 bridgehead atoms. The quantitative estimate of drug-likeness (QED) is 0.524. The number of thioether (sulfide) groups is 1. The first-order valence-corrected chi connectivity index (χ1v) is 8.16. The number of hydrogen-bond acceptors (Lipinski definition) is 6. The van der Waals surface area contributed by atoms with Gasteiger partial charge in [-0.05, 0) is 18.4 Å². The third kappa shape index (κ3) is 3.60. The highest BCUT2D eigenvalue weighted by molar-refractivity contribution is 7.98. The highest BCUT2D eigenvalue weighted by Crippen LogP contribution is 2.21. The van der Waals surface area contributed by atoms with Gasteiger partial charge in [0, 0.05) is 11.8 Å². The topological polar surface area (TPSA) is 65.2 Å². The molecule has 3 aromatic rings. The summed E-state index contributed by atoms with van der Waals surface area (Å²) < 4.78 is 10.9. The van der Waals surface area contributed by atoms with E-state index in [4.69, 9.17) is 9.15 Å². The van der Waals surface area contributed by atoms with Crippen LogP contribution in [0.1, 0.15) is 16.2 Å². The number of aromatic nitrogens is 2. The summed E-state index contributed by atoms with van der Waals surface area (Å²) in [5, 5.41) is 0.634. The molecule has 0 N–H and O–H groups in total. The molecule has 6 heteroatoms. The number of benzene rings is 1. The SMILES string of the molecule is CSc1ncccc1C(=O)OCc1ncc(-c2ccccc2)o1. The van der Waals surface area contributed by atoms with Gasteiger partial charge in [0.2, 0.25) is 5.89 Å². The van der Waals surface area contributed by atoms with Crippen molar-refractivity contribution in [3.05, 3.63) is 66.3 Å². The number of carbonyl (C=O) groups excluding carboxylic acids is 1. The Hall–Kier alpha value is -2.60. The number of hydrogen-bond donors (Lipinski definition) is 0. The normalized spacial score (nSPS) is 10.5. The molecule has 116 valence electrons. The van der Waals surface area contributed by atoms with Gasteiger partial charge in [-0.2, -0.15) is 0 Å². The number of carbonyl (C=O) groups is 1. The van der Waals surface area contributed by atoms with Gasteiger partial charge >= 0.3 is 5.97 Å². The number of pyridine rings is 1. The first-order valence-electron chi connectivity index (χ1n) is 6.94. The van der Waals surface area contributed by atoms with Crippen molar-refractivity contribution >= 4 is 17.7 Å². The maximum Gasteiger partial charge on any atom is 0.341 e. The first-order chi connectivity index (χ1) is 11.3. The Balaban J connectivity index is 1.67. The second kappa shape index (κ2) is 7.11. The molecule has 0 amide bonds. The van der Waals surface area contributed by atoms with Crippen LogP contribution in [0.2, 0.25) is 0 Å². The molecule has 0 aliphatic rings. The molecule has 23 heavy (non-hydrogen) atoms. The molecule has 0 aliphatic heterocycles. The van der Waals surface area contributed by atoms with Crippen LogP contribution in [0.25, 0.3) is 11.3 Å². The molecule has 0 saturated carbocycles.